The molecule has 2 nitrogen and oxygen atoms in total. The zero-order chi connectivity index (χ0) is 20.2. The molecule has 1 N–H and O–H groups in total. The van der Waals surface area contributed by atoms with Gasteiger partial charge in [-0.1, -0.05) is 60.1 Å². The number of halogens is 3. The fraction of sp³-hybridized carbons (Fsp3) is 0.500. The van der Waals surface area contributed by atoms with E-state index in [2.05, 4.69) is 28.4 Å². The molecule has 2 atom stereocenters. The molecule has 156 valence electrons. The van der Waals surface area contributed by atoms with Crippen LogP contribution in [0.25, 0.3) is 0 Å². The molecular formula is C24H29Cl3N2. The summed E-state index contributed by atoms with van der Waals surface area (Å²) in [6.07, 6.45) is 9.09. The van der Waals surface area contributed by atoms with Gasteiger partial charge in [-0.15, -0.1) is 0 Å². The van der Waals surface area contributed by atoms with E-state index in [4.69, 9.17) is 34.8 Å². The van der Waals surface area contributed by atoms with E-state index < -0.39 is 0 Å². The van der Waals surface area contributed by atoms with Crippen LogP contribution in [-0.2, 0) is 0 Å². The number of piperidine rings is 1. The Hall–Kier alpha value is -0.930. The first kappa shape index (κ1) is 21.3. The Bertz CT molecular complexity index is 802. The second-order valence-electron chi connectivity index (χ2n) is 8.50. The third kappa shape index (κ3) is 5.41. The first-order valence-corrected chi connectivity index (χ1v) is 11.9. The summed E-state index contributed by atoms with van der Waals surface area (Å²) in [5, 5.41) is 6.05. The van der Waals surface area contributed by atoms with Gasteiger partial charge in [-0.05, 0) is 80.1 Å². The fourth-order valence-electron chi connectivity index (χ4n) is 4.87. The first-order chi connectivity index (χ1) is 14.1. The van der Waals surface area contributed by atoms with Gasteiger partial charge in [0.05, 0.1) is 6.04 Å². The highest BCUT2D eigenvalue weighted by atomic mass is 35.5. The molecule has 1 saturated carbocycles. The number of rotatable bonds is 5. The van der Waals surface area contributed by atoms with Crippen LogP contribution in [0.1, 0.15) is 56.6 Å². The van der Waals surface area contributed by atoms with Crippen molar-refractivity contribution < 1.29 is 0 Å². The lowest BCUT2D eigenvalue weighted by atomic mass is 9.87. The second-order valence-corrected chi connectivity index (χ2v) is 9.78. The highest BCUT2D eigenvalue weighted by Gasteiger charge is 2.31. The van der Waals surface area contributed by atoms with Crippen LogP contribution in [0.3, 0.4) is 0 Å². The summed E-state index contributed by atoms with van der Waals surface area (Å²) >= 11 is 18.9. The van der Waals surface area contributed by atoms with Crippen molar-refractivity contribution in [3.8, 4) is 0 Å². The van der Waals surface area contributed by atoms with E-state index >= 15 is 0 Å². The van der Waals surface area contributed by atoms with E-state index in [9.17, 15) is 0 Å². The molecule has 2 aromatic carbocycles. The van der Waals surface area contributed by atoms with Crippen LogP contribution in [0.15, 0.2) is 42.5 Å². The topological polar surface area (TPSA) is 15.3 Å². The van der Waals surface area contributed by atoms with Gasteiger partial charge < -0.3 is 10.2 Å². The summed E-state index contributed by atoms with van der Waals surface area (Å²) in [6.45, 7) is 2.11. The Morgan fingerprint density at radius 2 is 1.55 bits per heavy atom. The Morgan fingerprint density at radius 3 is 2.28 bits per heavy atom. The first-order valence-electron chi connectivity index (χ1n) is 10.8. The summed E-state index contributed by atoms with van der Waals surface area (Å²) in [6, 6.07) is 15.0. The molecule has 1 heterocycles. The van der Waals surface area contributed by atoms with Gasteiger partial charge in [0.15, 0.2) is 0 Å². The van der Waals surface area contributed by atoms with Crippen LogP contribution in [-0.4, -0.2) is 19.1 Å². The van der Waals surface area contributed by atoms with Gasteiger partial charge in [0, 0.05) is 33.3 Å². The normalized spacial score (nSPS) is 23.3. The third-order valence-corrected chi connectivity index (χ3v) is 7.27. The van der Waals surface area contributed by atoms with Gasteiger partial charge in [0.1, 0.15) is 0 Å². The minimum Gasteiger partial charge on any atom is -0.364 e. The Morgan fingerprint density at radius 1 is 0.828 bits per heavy atom. The van der Waals surface area contributed by atoms with Gasteiger partial charge >= 0.3 is 0 Å². The lowest BCUT2D eigenvalue weighted by molar-refractivity contribution is 0.305. The van der Waals surface area contributed by atoms with E-state index in [0.717, 1.165) is 35.1 Å². The molecule has 0 aromatic heterocycles. The van der Waals surface area contributed by atoms with E-state index in [1.165, 1.54) is 44.2 Å². The molecular weight excluding hydrogens is 423 g/mol. The lowest BCUT2D eigenvalue weighted by Crippen LogP contribution is -2.44. The highest BCUT2D eigenvalue weighted by Crippen LogP contribution is 2.40. The SMILES string of the molecule is Clc1ccc(N2C[C@H](CNC3CCCCC3)CC[C@H]2c2ccc(Cl)cc2Cl)cc1. The summed E-state index contributed by atoms with van der Waals surface area (Å²) in [7, 11) is 0. The monoisotopic (exact) mass is 450 g/mol. The van der Waals surface area contributed by atoms with Gasteiger partial charge in [0.25, 0.3) is 0 Å². The second kappa shape index (κ2) is 9.92. The maximum atomic E-state index is 6.60. The zero-order valence-electron chi connectivity index (χ0n) is 16.7. The molecule has 1 saturated heterocycles. The van der Waals surface area contributed by atoms with Crippen molar-refractivity contribution in [2.24, 2.45) is 5.92 Å². The van der Waals surface area contributed by atoms with Crippen molar-refractivity contribution in [2.75, 3.05) is 18.0 Å². The van der Waals surface area contributed by atoms with Crippen LogP contribution in [0.5, 0.6) is 0 Å². The number of hydrogen-bond donors (Lipinski definition) is 1. The molecule has 5 heteroatoms. The summed E-state index contributed by atoms with van der Waals surface area (Å²) in [5.41, 5.74) is 2.36. The zero-order valence-corrected chi connectivity index (χ0v) is 19.0. The number of anilines is 1. The van der Waals surface area contributed by atoms with Crippen molar-refractivity contribution in [1.82, 2.24) is 5.32 Å². The molecule has 29 heavy (non-hydrogen) atoms. The predicted molar refractivity (Wildman–Crippen MR) is 126 cm³/mol. The van der Waals surface area contributed by atoms with Crippen LogP contribution >= 0.6 is 34.8 Å². The van der Waals surface area contributed by atoms with Crippen LogP contribution in [0.4, 0.5) is 5.69 Å². The largest absolute Gasteiger partial charge is 0.364 e. The molecule has 2 fully saturated rings. The molecule has 0 amide bonds. The number of nitrogens with one attached hydrogen (secondary N) is 1. The molecule has 1 aliphatic carbocycles. The van der Waals surface area contributed by atoms with Crippen LogP contribution < -0.4 is 10.2 Å². The van der Waals surface area contributed by atoms with E-state index in [1.807, 2.05) is 24.3 Å². The van der Waals surface area contributed by atoms with E-state index in [-0.39, 0.29) is 6.04 Å². The number of benzene rings is 2. The van der Waals surface area contributed by atoms with Crippen LogP contribution in [0.2, 0.25) is 15.1 Å². The molecule has 0 radical (unpaired) electrons. The molecule has 0 unspecified atom stereocenters. The summed E-state index contributed by atoms with van der Waals surface area (Å²) in [4.78, 5) is 2.50. The molecule has 4 rings (SSSR count). The average molecular weight is 452 g/mol. The molecule has 2 aromatic rings. The summed E-state index contributed by atoms with van der Waals surface area (Å²) < 4.78 is 0. The Balaban J connectivity index is 1.51. The van der Waals surface area contributed by atoms with E-state index in [1.54, 1.807) is 0 Å². The molecule has 2 aliphatic rings. The number of hydrogen-bond acceptors (Lipinski definition) is 2. The standard InChI is InChI=1S/C24H29Cl3N2/c25-18-7-10-21(11-8-18)29-16-17(15-28-20-4-2-1-3-5-20)6-13-24(29)22-12-9-19(26)14-23(22)27/h7-12,14,17,20,24,28H,1-6,13,15-16H2/t17-,24-/m0/s1. The lowest BCUT2D eigenvalue weighted by Gasteiger charge is -2.42. The smallest absolute Gasteiger partial charge is 0.0557 e. The fourth-order valence-corrected chi connectivity index (χ4v) is 5.53. The van der Waals surface area contributed by atoms with Gasteiger partial charge in [-0.25, -0.2) is 0 Å². The molecule has 0 spiro atoms. The maximum absolute atomic E-state index is 6.60. The summed E-state index contributed by atoms with van der Waals surface area (Å²) in [5.74, 6) is 0.634. The van der Waals surface area contributed by atoms with Crippen molar-refractivity contribution in [1.29, 1.82) is 0 Å². The van der Waals surface area contributed by atoms with Crippen molar-refractivity contribution in [3.63, 3.8) is 0 Å². The minimum atomic E-state index is 0.256. The quantitative estimate of drug-likeness (QED) is 0.505. The van der Waals surface area contributed by atoms with Crippen molar-refractivity contribution in [2.45, 2.75) is 57.0 Å². The van der Waals surface area contributed by atoms with Crippen molar-refractivity contribution >= 4 is 40.5 Å². The Labute approximate surface area is 189 Å². The van der Waals surface area contributed by atoms with E-state index in [0.29, 0.717) is 17.0 Å². The third-order valence-electron chi connectivity index (χ3n) is 6.46. The molecule has 0 bridgehead atoms. The Kier molecular flexibility index (Phi) is 7.29. The van der Waals surface area contributed by atoms with Gasteiger partial charge in [0.2, 0.25) is 0 Å². The minimum absolute atomic E-state index is 0.256. The molecule has 1 aliphatic heterocycles. The van der Waals surface area contributed by atoms with Crippen molar-refractivity contribution in [3.05, 3.63) is 63.1 Å². The van der Waals surface area contributed by atoms with Gasteiger partial charge in [-0.2, -0.15) is 0 Å². The van der Waals surface area contributed by atoms with Crippen LogP contribution in [0, 0.1) is 5.92 Å². The predicted octanol–water partition coefficient (Wildman–Crippen LogP) is 7.53. The highest BCUT2D eigenvalue weighted by molar-refractivity contribution is 6.35. The average Bonchev–Trinajstić information content (AvgIpc) is 2.74. The maximum Gasteiger partial charge on any atom is 0.0557 e. The number of nitrogens with zero attached hydrogens (tertiary/aromatic N) is 1. The van der Waals surface area contributed by atoms with Gasteiger partial charge in [-0.3, -0.25) is 0 Å².